The molecule has 0 fully saturated rings. The smallest absolute Gasteiger partial charge is 0.308 e. The van der Waals surface area contributed by atoms with Gasteiger partial charge in [0.25, 0.3) is 0 Å². The highest BCUT2D eigenvalue weighted by atomic mass is 16.5. The molecule has 0 amide bonds. The second-order valence-electron chi connectivity index (χ2n) is 9.07. The Morgan fingerprint density at radius 1 is 1.23 bits per heavy atom. The topological polar surface area (TPSA) is 104 Å². The predicted octanol–water partition coefficient (Wildman–Crippen LogP) is 3.86. The molecule has 1 unspecified atom stereocenters. The number of allylic oxidation sites excluding steroid dienone is 3. The molecule has 0 heterocycles. The Bertz CT molecular complexity index is 640. The Labute approximate surface area is 180 Å². The number of carbonyl (C=O) groups excluding carboxylic acids is 1. The number of hydrogen-bond acceptors (Lipinski definition) is 5. The van der Waals surface area contributed by atoms with Gasteiger partial charge in [-0.25, -0.2) is 0 Å². The number of ether oxygens (including phenoxy) is 1. The molecular weight excluding hydrogens is 384 g/mol. The Hall–Kier alpha value is -1.66. The summed E-state index contributed by atoms with van der Waals surface area (Å²) in [4.78, 5) is 23.3. The monoisotopic (exact) mass is 422 g/mol. The third kappa shape index (κ3) is 6.95. The molecule has 0 spiro atoms. The molecule has 2 aliphatic rings. The number of fused-ring (bicyclic) bond motifs is 1. The van der Waals surface area contributed by atoms with Crippen LogP contribution in [-0.2, 0) is 14.3 Å². The third-order valence-corrected chi connectivity index (χ3v) is 6.52. The number of hydrogen-bond donors (Lipinski definition) is 3. The minimum Gasteiger partial charge on any atom is -0.481 e. The maximum absolute atomic E-state index is 12.6. The van der Waals surface area contributed by atoms with Crippen LogP contribution in [0.1, 0.15) is 72.1 Å². The fraction of sp³-hybridized carbons (Fsp3) is 0.750. The van der Waals surface area contributed by atoms with Crippen molar-refractivity contribution in [1.82, 2.24) is 0 Å². The van der Waals surface area contributed by atoms with E-state index in [0.29, 0.717) is 6.42 Å². The van der Waals surface area contributed by atoms with E-state index in [9.17, 15) is 19.8 Å². The van der Waals surface area contributed by atoms with Crippen LogP contribution >= 0.6 is 0 Å². The fourth-order valence-electron chi connectivity index (χ4n) is 4.87. The molecule has 6 nitrogen and oxygen atoms in total. The number of esters is 1. The van der Waals surface area contributed by atoms with Crippen LogP contribution < -0.4 is 0 Å². The Kier molecular flexibility index (Phi) is 9.56. The van der Waals surface area contributed by atoms with Gasteiger partial charge in [0.15, 0.2) is 0 Å². The number of carboxylic acids is 1. The van der Waals surface area contributed by atoms with Crippen LogP contribution in [0.2, 0.25) is 0 Å². The molecular formula is C24H38O6. The van der Waals surface area contributed by atoms with Gasteiger partial charge in [0.1, 0.15) is 6.10 Å². The third-order valence-electron chi connectivity index (χ3n) is 6.52. The van der Waals surface area contributed by atoms with Crippen molar-refractivity contribution in [2.75, 3.05) is 0 Å². The van der Waals surface area contributed by atoms with Crippen LogP contribution in [0.15, 0.2) is 23.8 Å². The van der Waals surface area contributed by atoms with Crippen molar-refractivity contribution in [2.45, 2.75) is 90.4 Å². The first-order chi connectivity index (χ1) is 14.2. The Morgan fingerprint density at radius 2 is 1.97 bits per heavy atom. The largest absolute Gasteiger partial charge is 0.481 e. The van der Waals surface area contributed by atoms with E-state index >= 15 is 0 Å². The zero-order valence-corrected chi connectivity index (χ0v) is 18.5. The Balaban J connectivity index is 2.03. The summed E-state index contributed by atoms with van der Waals surface area (Å²) in [6.45, 7) is 6.13. The minimum absolute atomic E-state index is 0.0591. The summed E-state index contributed by atoms with van der Waals surface area (Å²) >= 11 is 0. The van der Waals surface area contributed by atoms with Gasteiger partial charge < -0.3 is 20.1 Å². The summed E-state index contributed by atoms with van der Waals surface area (Å²) in [5.41, 5.74) is 1.21. The quantitative estimate of drug-likeness (QED) is 0.437. The van der Waals surface area contributed by atoms with Gasteiger partial charge in [0.05, 0.1) is 24.5 Å². The lowest BCUT2D eigenvalue weighted by atomic mass is 9.66. The summed E-state index contributed by atoms with van der Waals surface area (Å²) in [7, 11) is 0. The standard InChI is InChI=1S/C24H38O6/c1-4-6-16(3)24(29)30-21-8-5-7-17-10-9-15(2)20(23(17)21)12-11-18(25)13-19(26)14-22(27)28/h7,9-10,15-16,18-21,23,25-26H,4-6,8,11-14H2,1-3H3,(H,27,28)/t15-,16?,18+,19+,20-,21-,23-/m0/s1. The molecule has 0 bridgehead atoms. The van der Waals surface area contributed by atoms with Gasteiger partial charge in [-0.2, -0.15) is 0 Å². The van der Waals surface area contributed by atoms with E-state index < -0.39 is 18.2 Å². The van der Waals surface area contributed by atoms with Gasteiger partial charge in [-0.3, -0.25) is 9.59 Å². The average Bonchev–Trinajstić information content (AvgIpc) is 2.66. The van der Waals surface area contributed by atoms with Crippen molar-refractivity contribution in [1.29, 1.82) is 0 Å². The molecule has 30 heavy (non-hydrogen) atoms. The highest BCUT2D eigenvalue weighted by Gasteiger charge is 2.40. The summed E-state index contributed by atoms with van der Waals surface area (Å²) in [5.74, 6) is -0.659. The first-order valence-electron chi connectivity index (χ1n) is 11.4. The molecule has 0 saturated heterocycles. The number of carbonyl (C=O) groups is 2. The van der Waals surface area contributed by atoms with Gasteiger partial charge in [-0.05, 0) is 55.9 Å². The van der Waals surface area contributed by atoms with Crippen molar-refractivity contribution < 1.29 is 29.6 Å². The molecule has 0 radical (unpaired) electrons. The van der Waals surface area contributed by atoms with Crippen molar-refractivity contribution >= 4 is 11.9 Å². The van der Waals surface area contributed by atoms with Crippen LogP contribution in [0.4, 0.5) is 0 Å². The van der Waals surface area contributed by atoms with Gasteiger partial charge in [0, 0.05) is 5.92 Å². The second-order valence-corrected chi connectivity index (χ2v) is 9.07. The normalized spacial score (nSPS) is 28.8. The first kappa shape index (κ1) is 24.6. The molecule has 2 aliphatic carbocycles. The first-order valence-corrected chi connectivity index (χ1v) is 11.4. The van der Waals surface area contributed by atoms with Gasteiger partial charge in [0.2, 0.25) is 0 Å². The highest BCUT2D eigenvalue weighted by molar-refractivity contribution is 5.72. The lowest BCUT2D eigenvalue weighted by Gasteiger charge is -2.42. The zero-order chi connectivity index (χ0) is 22.3. The SMILES string of the molecule is CCCC(C)C(=O)O[C@H]1CCC=C2C=C[C@H](C)[C@H](CC[C@@H](O)C[C@@H](O)CC(=O)O)[C@H]21. The lowest BCUT2D eigenvalue weighted by molar-refractivity contribution is -0.158. The molecule has 0 aliphatic heterocycles. The number of rotatable bonds is 11. The summed E-state index contributed by atoms with van der Waals surface area (Å²) in [5, 5.41) is 28.9. The second kappa shape index (κ2) is 11.7. The van der Waals surface area contributed by atoms with Gasteiger partial charge in [-0.1, -0.05) is 45.4 Å². The van der Waals surface area contributed by atoms with E-state index in [1.54, 1.807) is 0 Å². The van der Waals surface area contributed by atoms with Crippen LogP contribution in [0, 0.1) is 23.7 Å². The average molecular weight is 423 g/mol. The molecule has 0 aromatic rings. The lowest BCUT2D eigenvalue weighted by Crippen LogP contribution is -2.40. The Morgan fingerprint density at radius 3 is 2.63 bits per heavy atom. The molecule has 170 valence electrons. The van der Waals surface area contributed by atoms with Crippen LogP contribution in [0.3, 0.4) is 0 Å². The number of aliphatic carboxylic acids is 1. The van der Waals surface area contributed by atoms with Gasteiger partial charge in [-0.15, -0.1) is 0 Å². The summed E-state index contributed by atoms with van der Waals surface area (Å²) in [6, 6.07) is 0. The molecule has 6 heteroatoms. The van der Waals surface area contributed by atoms with Crippen molar-refractivity contribution in [3.05, 3.63) is 23.8 Å². The predicted molar refractivity (Wildman–Crippen MR) is 115 cm³/mol. The summed E-state index contributed by atoms with van der Waals surface area (Å²) < 4.78 is 5.99. The van der Waals surface area contributed by atoms with Crippen LogP contribution in [-0.4, -0.2) is 45.6 Å². The number of aliphatic hydroxyl groups is 2. The highest BCUT2D eigenvalue weighted by Crippen LogP contribution is 2.44. The molecule has 0 saturated carbocycles. The van der Waals surface area contributed by atoms with Crippen LogP contribution in [0.5, 0.6) is 0 Å². The molecule has 3 N–H and O–H groups in total. The van der Waals surface area contributed by atoms with E-state index in [4.69, 9.17) is 9.84 Å². The zero-order valence-electron chi connectivity index (χ0n) is 18.5. The van der Waals surface area contributed by atoms with E-state index in [1.807, 2.05) is 6.92 Å². The fourth-order valence-corrected chi connectivity index (χ4v) is 4.87. The van der Waals surface area contributed by atoms with E-state index in [2.05, 4.69) is 32.1 Å². The van der Waals surface area contributed by atoms with Crippen molar-refractivity contribution in [2.24, 2.45) is 23.7 Å². The molecule has 0 aromatic heterocycles. The number of aliphatic hydroxyl groups excluding tert-OH is 2. The van der Waals surface area contributed by atoms with E-state index in [-0.39, 0.29) is 48.6 Å². The molecule has 7 atom stereocenters. The van der Waals surface area contributed by atoms with Crippen molar-refractivity contribution in [3.63, 3.8) is 0 Å². The number of carboxylic acid groups (broad SMARTS) is 1. The molecule has 2 rings (SSSR count). The molecule has 0 aromatic carbocycles. The van der Waals surface area contributed by atoms with Gasteiger partial charge >= 0.3 is 11.9 Å². The maximum atomic E-state index is 12.6. The van der Waals surface area contributed by atoms with E-state index in [0.717, 1.165) is 32.1 Å². The van der Waals surface area contributed by atoms with Crippen LogP contribution in [0.25, 0.3) is 0 Å². The summed E-state index contributed by atoms with van der Waals surface area (Å²) in [6.07, 6.45) is 9.01. The van der Waals surface area contributed by atoms with Crippen molar-refractivity contribution in [3.8, 4) is 0 Å². The minimum atomic E-state index is -1.07. The maximum Gasteiger partial charge on any atom is 0.308 e. The van der Waals surface area contributed by atoms with E-state index in [1.165, 1.54) is 5.57 Å².